The maximum atomic E-state index is 11.8. The van der Waals surface area contributed by atoms with Crippen molar-refractivity contribution in [3.8, 4) is 11.4 Å². The first-order chi connectivity index (χ1) is 11.8. The number of benzene rings is 1. The summed E-state index contributed by atoms with van der Waals surface area (Å²) in [5.41, 5.74) is 0.917. The van der Waals surface area contributed by atoms with Crippen molar-refractivity contribution < 1.29 is 8.42 Å². The van der Waals surface area contributed by atoms with Gasteiger partial charge in [0.05, 0.1) is 5.75 Å². The van der Waals surface area contributed by atoms with E-state index >= 15 is 0 Å². The van der Waals surface area contributed by atoms with Gasteiger partial charge in [0.15, 0.2) is 11.0 Å². The smallest absolute Gasteiger partial charge is 0.213 e. The minimum absolute atomic E-state index is 0.118. The maximum Gasteiger partial charge on any atom is 0.213 e. The fourth-order valence-electron chi connectivity index (χ4n) is 2.09. The van der Waals surface area contributed by atoms with Crippen LogP contribution >= 0.6 is 23.4 Å². The van der Waals surface area contributed by atoms with E-state index in [0.717, 1.165) is 16.5 Å². The van der Waals surface area contributed by atoms with Gasteiger partial charge in [-0.3, -0.25) is 4.57 Å². The highest BCUT2D eigenvalue weighted by Gasteiger charge is 2.15. The van der Waals surface area contributed by atoms with Crippen LogP contribution in [0, 0.1) is 0 Å². The third kappa shape index (κ3) is 5.31. The topological polar surface area (TPSA) is 68.1 Å². The first-order valence-corrected chi connectivity index (χ1v) is 10.7. The zero-order valence-electron chi connectivity index (χ0n) is 14.2. The van der Waals surface area contributed by atoms with Gasteiger partial charge >= 0.3 is 0 Å². The molecule has 1 aromatic carbocycles. The summed E-state index contributed by atoms with van der Waals surface area (Å²) in [6.45, 7) is 4.35. The molecule has 0 spiro atoms. The van der Waals surface area contributed by atoms with Crippen LogP contribution in [0.4, 0.5) is 0 Å². The molecule has 2 aromatic rings. The quantitative estimate of drug-likeness (QED) is 0.367. The molecule has 0 aliphatic rings. The number of halogens is 1. The average Bonchev–Trinajstić information content (AvgIpc) is 2.95. The van der Waals surface area contributed by atoms with Crippen LogP contribution in [0.15, 0.2) is 42.1 Å². The van der Waals surface area contributed by atoms with Gasteiger partial charge in [0.2, 0.25) is 10.0 Å². The number of nitrogens with zero attached hydrogens (tertiary/aromatic N) is 4. The van der Waals surface area contributed by atoms with Crippen molar-refractivity contribution in [1.29, 1.82) is 0 Å². The lowest BCUT2D eigenvalue weighted by molar-refractivity contribution is 0.520. The van der Waals surface area contributed by atoms with Gasteiger partial charge in [-0.1, -0.05) is 29.4 Å². The van der Waals surface area contributed by atoms with E-state index in [4.69, 9.17) is 11.6 Å². The molecule has 1 aromatic heterocycles. The second-order valence-corrected chi connectivity index (χ2v) is 9.31. The number of thioether (sulfide) groups is 1. The normalized spacial score (nSPS) is 11.8. The monoisotopic (exact) mass is 400 g/mol. The Morgan fingerprint density at radius 2 is 1.96 bits per heavy atom. The van der Waals surface area contributed by atoms with E-state index in [1.807, 2.05) is 28.8 Å². The molecule has 0 radical (unpaired) electrons. The fraction of sp³-hybridized carbons (Fsp3) is 0.375. The van der Waals surface area contributed by atoms with Gasteiger partial charge in [-0.2, -0.15) is 0 Å². The summed E-state index contributed by atoms with van der Waals surface area (Å²) in [5, 5.41) is 9.91. The summed E-state index contributed by atoms with van der Waals surface area (Å²) < 4.78 is 26.8. The Balaban J connectivity index is 2.08. The van der Waals surface area contributed by atoms with E-state index in [2.05, 4.69) is 16.8 Å². The molecule has 136 valence electrons. The molecule has 9 heteroatoms. The standard InChI is InChI=1S/C16H21ClN4O2S2/c1-4-10-21-15(13-6-8-14(17)9-7-13)18-19-16(21)24-11-5-12-25(22,23)20(2)3/h4,6-9H,1,5,10-12H2,2-3H3. The summed E-state index contributed by atoms with van der Waals surface area (Å²) in [6.07, 6.45) is 2.33. The molecule has 2 rings (SSSR count). The molecule has 6 nitrogen and oxygen atoms in total. The molecule has 0 saturated carbocycles. The van der Waals surface area contributed by atoms with Crippen molar-refractivity contribution in [3.63, 3.8) is 0 Å². The van der Waals surface area contributed by atoms with E-state index in [1.54, 1.807) is 20.2 Å². The van der Waals surface area contributed by atoms with Crippen LogP contribution in [0.3, 0.4) is 0 Å². The molecular formula is C16H21ClN4O2S2. The number of hydrogen-bond acceptors (Lipinski definition) is 5. The van der Waals surface area contributed by atoms with Crippen LogP contribution in [0.2, 0.25) is 5.02 Å². The first kappa shape index (κ1) is 20.0. The van der Waals surface area contributed by atoms with Crippen molar-refractivity contribution >= 4 is 33.4 Å². The van der Waals surface area contributed by atoms with Gasteiger partial charge < -0.3 is 0 Å². The van der Waals surface area contributed by atoms with Gasteiger partial charge in [0.1, 0.15) is 0 Å². The minimum Gasteiger partial charge on any atom is -0.298 e. The van der Waals surface area contributed by atoms with Crippen molar-refractivity contribution in [1.82, 2.24) is 19.1 Å². The average molecular weight is 401 g/mol. The lowest BCUT2D eigenvalue weighted by Crippen LogP contribution is -2.25. The van der Waals surface area contributed by atoms with E-state index < -0.39 is 10.0 Å². The van der Waals surface area contributed by atoms with E-state index in [0.29, 0.717) is 23.7 Å². The second-order valence-electron chi connectivity index (χ2n) is 5.51. The predicted octanol–water partition coefficient (Wildman–Crippen LogP) is 3.16. The van der Waals surface area contributed by atoms with Gasteiger partial charge in [0, 0.05) is 37.0 Å². The molecule has 0 fully saturated rings. The molecule has 0 aliphatic carbocycles. The van der Waals surface area contributed by atoms with Gasteiger partial charge in [-0.25, -0.2) is 12.7 Å². The maximum absolute atomic E-state index is 11.8. The highest BCUT2D eigenvalue weighted by atomic mass is 35.5. The Morgan fingerprint density at radius 3 is 2.56 bits per heavy atom. The Hall–Kier alpha value is -1.35. The van der Waals surface area contributed by atoms with Crippen molar-refractivity contribution in [2.45, 2.75) is 18.1 Å². The van der Waals surface area contributed by atoms with Crippen LogP contribution < -0.4 is 0 Å². The SMILES string of the molecule is C=CCn1c(SCCCS(=O)(=O)N(C)C)nnc1-c1ccc(Cl)cc1. The van der Waals surface area contributed by atoms with Crippen molar-refractivity contribution in [2.75, 3.05) is 25.6 Å². The molecule has 0 unspecified atom stereocenters. The molecule has 0 bridgehead atoms. The lowest BCUT2D eigenvalue weighted by atomic mass is 10.2. The van der Waals surface area contributed by atoms with Crippen LogP contribution in [-0.4, -0.2) is 53.1 Å². The molecule has 1 heterocycles. The Kier molecular flexibility index (Phi) is 7.06. The Bertz CT molecular complexity index is 817. The van der Waals surface area contributed by atoms with Crippen LogP contribution in [0.25, 0.3) is 11.4 Å². The lowest BCUT2D eigenvalue weighted by Gasteiger charge is -2.11. The first-order valence-electron chi connectivity index (χ1n) is 7.68. The predicted molar refractivity (Wildman–Crippen MR) is 103 cm³/mol. The minimum atomic E-state index is -3.17. The molecule has 0 amide bonds. The third-order valence-electron chi connectivity index (χ3n) is 3.47. The largest absolute Gasteiger partial charge is 0.298 e. The number of rotatable bonds is 9. The summed E-state index contributed by atoms with van der Waals surface area (Å²) in [4.78, 5) is 0. The number of hydrogen-bond donors (Lipinski definition) is 0. The number of sulfonamides is 1. The van der Waals surface area contributed by atoms with Crippen molar-refractivity contribution in [2.24, 2.45) is 0 Å². The summed E-state index contributed by atoms with van der Waals surface area (Å²) in [7, 11) is -0.0799. The van der Waals surface area contributed by atoms with E-state index in [-0.39, 0.29) is 5.75 Å². The van der Waals surface area contributed by atoms with Gasteiger partial charge in [0.25, 0.3) is 0 Å². The zero-order chi connectivity index (χ0) is 18.4. The Labute approximate surface area is 157 Å². The summed E-state index contributed by atoms with van der Waals surface area (Å²) in [6, 6.07) is 7.40. The number of aromatic nitrogens is 3. The van der Waals surface area contributed by atoms with E-state index in [1.165, 1.54) is 16.1 Å². The van der Waals surface area contributed by atoms with E-state index in [9.17, 15) is 8.42 Å². The molecule has 0 atom stereocenters. The van der Waals surface area contributed by atoms with Gasteiger partial charge in [-0.05, 0) is 30.7 Å². The highest BCUT2D eigenvalue weighted by Crippen LogP contribution is 2.25. The molecule has 0 saturated heterocycles. The molecule has 25 heavy (non-hydrogen) atoms. The van der Waals surface area contributed by atoms with Gasteiger partial charge in [-0.15, -0.1) is 16.8 Å². The highest BCUT2D eigenvalue weighted by molar-refractivity contribution is 7.99. The molecular weight excluding hydrogens is 380 g/mol. The third-order valence-corrected chi connectivity index (χ3v) is 6.69. The van der Waals surface area contributed by atoms with Crippen LogP contribution in [0.1, 0.15) is 6.42 Å². The fourth-order valence-corrected chi connectivity index (χ4v) is 4.16. The van der Waals surface area contributed by atoms with Crippen LogP contribution in [0.5, 0.6) is 0 Å². The summed E-state index contributed by atoms with van der Waals surface area (Å²) in [5.74, 6) is 1.50. The molecule has 0 N–H and O–H groups in total. The Morgan fingerprint density at radius 1 is 1.28 bits per heavy atom. The number of allylic oxidation sites excluding steroid dienone is 1. The summed E-state index contributed by atoms with van der Waals surface area (Å²) >= 11 is 7.42. The van der Waals surface area contributed by atoms with Crippen LogP contribution in [-0.2, 0) is 16.6 Å². The second kappa shape index (κ2) is 8.84. The van der Waals surface area contributed by atoms with Crippen molar-refractivity contribution in [3.05, 3.63) is 41.9 Å². The molecule has 0 aliphatic heterocycles. The zero-order valence-corrected chi connectivity index (χ0v) is 16.6.